The minimum Gasteiger partial charge on any atom is -0.458 e. The van der Waals surface area contributed by atoms with E-state index >= 15 is 0 Å². The van der Waals surface area contributed by atoms with Crippen molar-refractivity contribution in [2.45, 2.75) is 252 Å². The first-order valence-corrected chi connectivity index (χ1v) is 28.2. The topological polar surface area (TPSA) is 258 Å². The molecule has 0 bridgehead atoms. The molecule has 4 heterocycles. The van der Waals surface area contributed by atoms with Crippen molar-refractivity contribution in [1.29, 1.82) is 0 Å². The van der Waals surface area contributed by atoms with Gasteiger partial charge in [0, 0.05) is 59.7 Å². The number of rotatable bonds is 16. The molecule has 9 rings (SSSR count). The molecule has 0 aromatic heterocycles. The van der Waals surface area contributed by atoms with E-state index in [4.69, 9.17) is 61.6 Å². The lowest BCUT2D eigenvalue weighted by Crippen LogP contribution is -2.78. The molecule has 1 aromatic rings. The first-order chi connectivity index (χ1) is 37.0. The summed E-state index contributed by atoms with van der Waals surface area (Å²) in [6.07, 6.45) is -5.94. The maximum absolute atomic E-state index is 13.6. The molecule has 20 nitrogen and oxygen atoms in total. The van der Waals surface area contributed by atoms with Crippen LogP contribution in [0.3, 0.4) is 0 Å². The van der Waals surface area contributed by atoms with Gasteiger partial charge in [-0.25, -0.2) is 4.79 Å². The largest absolute Gasteiger partial charge is 0.458 e. The molecule has 6 N–H and O–H groups in total. The van der Waals surface area contributed by atoms with E-state index in [0.29, 0.717) is 38.5 Å². The average molecular weight is 1110 g/mol. The number of aliphatic hydroxyl groups excluding tert-OH is 3. The van der Waals surface area contributed by atoms with Gasteiger partial charge in [-0.1, -0.05) is 55.8 Å². The van der Waals surface area contributed by atoms with E-state index in [1.165, 1.54) is 20.1 Å². The quantitative estimate of drug-likeness (QED) is 0.0777. The molecule has 78 heavy (non-hydrogen) atoms. The fourth-order valence-electron chi connectivity index (χ4n) is 15.2. The Labute approximate surface area is 458 Å². The summed E-state index contributed by atoms with van der Waals surface area (Å²) in [4.78, 5) is 13.6. The van der Waals surface area contributed by atoms with Crippen molar-refractivity contribution in [2.75, 3.05) is 28.4 Å². The normalized spacial score (nSPS) is 49.1. The molecule has 4 saturated heterocycles. The second kappa shape index (κ2) is 23.6. The van der Waals surface area contributed by atoms with E-state index in [1.54, 1.807) is 41.3 Å². The number of ether oxygens (including phenoxy) is 13. The number of benzene rings is 1. The summed E-state index contributed by atoms with van der Waals surface area (Å²) in [6, 6.07) is 9.34. The summed E-state index contributed by atoms with van der Waals surface area (Å²) in [5.74, 6) is -1.21. The molecule has 4 aliphatic heterocycles. The SMILES string of the molecule is CO[C@@H]1[C@@H](O)[C@H](O[C@H]2[C@@H](OC)C[C@H](O[C@H]3[C@@H](OC)C[C@H](O[C@H]4[C@@H](OC)C[C@H](O[C@H]5CC[C@@]6(C)C(=CC[C@]7(O)[C@@H]6C[C@@H](OC(=O)/C=C/c6ccccc6)[C@@]6(C)[C@]7(O)CC[C@@]6(O)[C@H](C)O)C5)O[C@@H]4C)O[C@@H]3C)O[C@@H]2C)O[C@H](C)[C@H]1O. The van der Waals surface area contributed by atoms with E-state index in [1.807, 2.05) is 57.2 Å². The fourth-order valence-corrected chi connectivity index (χ4v) is 15.2. The van der Waals surface area contributed by atoms with Crippen molar-refractivity contribution in [3.63, 3.8) is 0 Å². The van der Waals surface area contributed by atoms with Gasteiger partial charge < -0.3 is 92.2 Å². The molecule has 0 radical (unpaired) electrons. The molecule has 20 heteroatoms. The molecular formula is C58H88O20. The van der Waals surface area contributed by atoms with Gasteiger partial charge in [0.15, 0.2) is 25.2 Å². The predicted octanol–water partition coefficient (Wildman–Crippen LogP) is 4.00. The lowest BCUT2D eigenvalue weighted by Gasteiger charge is -2.67. The monoisotopic (exact) mass is 1100 g/mol. The van der Waals surface area contributed by atoms with E-state index in [0.717, 1.165) is 11.1 Å². The number of fused-ring (bicyclic) bond motifs is 5. The van der Waals surface area contributed by atoms with Crippen LogP contribution in [0.1, 0.15) is 118 Å². The first-order valence-electron chi connectivity index (χ1n) is 28.2. The van der Waals surface area contributed by atoms with Gasteiger partial charge in [0.05, 0.1) is 60.4 Å². The first kappa shape index (κ1) is 60.1. The van der Waals surface area contributed by atoms with Crippen LogP contribution in [0.2, 0.25) is 0 Å². The molecule has 0 unspecified atom stereocenters. The zero-order chi connectivity index (χ0) is 56.3. The smallest absolute Gasteiger partial charge is 0.331 e. The second-order valence-electron chi connectivity index (χ2n) is 23.9. The molecule has 4 aliphatic carbocycles. The van der Waals surface area contributed by atoms with Crippen LogP contribution in [0.25, 0.3) is 6.08 Å². The Morgan fingerprint density at radius 1 is 0.679 bits per heavy atom. The van der Waals surface area contributed by atoms with Crippen molar-refractivity contribution in [3.8, 4) is 0 Å². The summed E-state index contributed by atoms with van der Waals surface area (Å²) in [5, 5.41) is 70.8. The maximum Gasteiger partial charge on any atom is 0.331 e. The van der Waals surface area contributed by atoms with Gasteiger partial charge in [0.2, 0.25) is 0 Å². The van der Waals surface area contributed by atoms with Gasteiger partial charge in [0.1, 0.15) is 59.5 Å². The Hall–Kier alpha value is -2.55. The van der Waals surface area contributed by atoms with Crippen molar-refractivity contribution in [1.82, 2.24) is 0 Å². The standard InChI is InChI=1S/C58H88O20/c1-30-47(61)52(69-11)48(62)53(73-30)78-51-33(4)72-46(28-40(51)68-10)77-50-32(3)71-45(27-39(50)67-9)76-49-31(2)70-44(26-38(49)66-8)74-37-20-21-54(6)36(25-37)19-22-57(64)41(54)29-42(75-43(60)18-17-35-15-13-12-14-16-35)55(7)56(63,34(5)59)23-24-58(55,57)65/h12-19,30-34,37-42,44-53,59,61-65H,20-29H2,1-11H3/b18-17+/t30-,31-,32-,33-,34+,37+,38+,39+,40+,41-,42-,44+,45+,46+,47-,48-,49-,50-,51-,52+,53+,54+,55-,56-,57+,58-/m1/s1. The lowest BCUT2D eigenvalue weighted by atomic mass is 9.42. The summed E-state index contributed by atoms with van der Waals surface area (Å²) >= 11 is 0. The summed E-state index contributed by atoms with van der Waals surface area (Å²) in [5.41, 5.74) is -5.84. The number of hydrogen-bond donors (Lipinski definition) is 6. The molecule has 7 fully saturated rings. The Kier molecular flexibility index (Phi) is 18.2. The lowest BCUT2D eigenvalue weighted by molar-refractivity contribution is -0.356. The van der Waals surface area contributed by atoms with Crippen LogP contribution in [-0.4, -0.2) is 205 Å². The van der Waals surface area contributed by atoms with E-state index < -0.39 is 156 Å². The van der Waals surface area contributed by atoms with Crippen LogP contribution in [0.4, 0.5) is 0 Å². The number of esters is 1. The fraction of sp³-hybridized carbons (Fsp3) is 0.810. The van der Waals surface area contributed by atoms with Crippen LogP contribution in [0.5, 0.6) is 0 Å². The number of carbonyl (C=O) groups excluding carboxylic acids is 1. The number of carbonyl (C=O) groups is 1. The van der Waals surface area contributed by atoms with Crippen molar-refractivity contribution < 1.29 is 97.0 Å². The molecular weight excluding hydrogens is 1020 g/mol. The molecule has 1 aromatic carbocycles. The van der Waals surface area contributed by atoms with Crippen LogP contribution in [0.15, 0.2) is 48.1 Å². The zero-order valence-electron chi connectivity index (χ0n) is 47.2. The van der Waals surface area contributed by atoms with Crippen LogP contribution in [0, 0.1) is 16.7 Å². The number of hydrogen-bond acceptors (Lipinski definition) is 20. The molecule has 8 aliphatic rings. The predicted molar refractivity (Wildman–Crippen MR) is 278 cm³/mol. The third kappa shape index (κ3) is 10.6. The minimum atomic E-state index is -1.92. The van der Waals surface area contributed by atoms with Gasteiger partial charge in [-0.2, -0.15) is 0 Å². The van der Waals surface area contributed by atoms with Gasteiger partial charge >= 0.3 is 5.97 Å². The highest BCUT2D eigenvalue weighted by atomic mass is 16.8. The van der Waals surface area contributed by atoms with E-state index in [-0.39, 0.29) is 31.8 Å². The van der Waals surface area contributed by atoms with Gasteiger partial charge in [-0.3, -0.25) is 0 Å². The third-order valence-corrected chi connectivity index (χ3v) is 19.8. The molecule has 0 amide bonds. The zero-order valence-corrected chi connectivity index (χ0v) is 47.2. The van der Waals surface area contributed by atoms with Crippen molar-refractivity contribution in [2.24, 2.45) is 16.7 Å². The van der Waals surface area contributed by atoms with Gasteiger partial charge in [-0.05, 0) is 96.6 Å². The minimum absolute atomic E-state index is 0.00562. The van der Waals surface area contributed by atoms with Gasteiger partial charge in [-0.15, -0.1) is 0 Å². The van der Waals surface area contributed by atoms with E-state index in [2.05, 4.69) is 6.92 Å². The molecule has 0 spiro atoms. The van der Waals surface area contributed by atoms with Crippen molar-refractivity contribution >= 4 is 12.0 Å². The Bertz CT molecular complexity index is 2250. The highest BCUT2D eigenvalue weighted by Gasteiger charge is 2.81. The van der Waals surface area contributed by atoms with Crippen LogP contribution in [-0.2, 0) is 66.4 Å². The third-order valence-electron chi connectivity index (χ3n) is 19.8. The Balaban J connectivity index is 0.809. The highest BCUT2D eigenvalue weighted by molar-refractivity contribution is 5.87. The summed E-state index contributed by atoms with van der Waals surface area (Å²) < 4.78 is 81.1. The van der Waals surface area contributed by atoms with Gasteiger partial charge in [0.25, 0.3) is 0 Å². The van der Waals surface area contributed by atoms with Crippen LogP contribution < -0.4 is 0 Å². The van der Waals surface area contributed by atoms with Crippen molar-refractivity contribution in [3.05, 3.63) is 53.6 Å². The van der Waals surface area contributed by atoms with Crippen LogP contribution >= 0.6 is 0 Å². The highest BCUT2D eigenvalue weighted by Crippen LogP contribution is 2.71. The summed E-state index contributed by atoms with van der Waals surface area (Å²) in [6.45, 7) is 12.6. The van der Waals surface area contributed by atoms with E-state index in [9.17, 15) is 35.4 Å². The second-order valence-corrected chi connectivity index (χ2v) is 23.9. The number of methoxy groups -OCH3 is 4. The number of aliphatic hydroxyl groups is 6. The molecule has 3 saturated carbocycles. The average Bonchev–Trinajstić information content (AvgIpc) is 2.75. The Morgan fingerprint density at radius 3 is 1.77 bits per heavy atom. The maximum atomic E-state index is 13.6. The Morgan fingerprint density at radius 2 is 1.23 bits per heavy atom. The summed E-state index contributed by atoms with van der Waals surface area (Å²) in [7, 11) is 6.25. The molecule has 26 atom stereocenters. The molecule has 440 valence electrons.